The monoisotopic (exact) mass is 300 g/mol. The third-order valence-corrected chi connectivity index (χ3v) is 3.55. The molecule has 0 unspecified atom stereocenters. The second-order valence-electron chi connectivity index (χ2n) is 4.76. The summed E-state index contributed by atoms with van der Waals surface area (Å²) in [6.45, 7) is 4.13. The fraction of sp³-hybridized carbons (Fsp3) is 0.533. The fourth-order valence-electron chi connectivity index (χ4n) is 2.03. The number of halogens is 1. The summed E-state index contributed by atoms with van der Waals surface area (Å²) < 4.78 is 4.65. The van der Waals surface area contributed by atoms with Gasteiger partial charge in [-0.25, -0.2) is 4.79 Å². The Morgan fingerprint density at radius 2 is 1.75 bits per heavy atom. The summed E-state index contributed by atoms with van der Waals surface area (Å²) in [5.41, 5.74) is 1.52. The van der Waals surface area contributed by atoms with E-state index >= 15 is 0 Å². The molecule has 0 aliphatic carbocycles. The van der Waals surface area contributed by atoms with Gasteiger partial charge in [-0.15, -0.1) is 0 Å². The molecular weight excluding hydrogens is 280 g/mol. The normalized spacial score (nSPS) is 10.6. The minimum atomic E-state index is -1.48. The molecule has 5 heteroatoms. The average Bonchev–Trinajstić information content (AvgIpc) is 2.41. The van der Waals surface area contributed by atoms with Crippen LogP contribution in [0.2, 0.25) is 5.02 Å². The Bertz CT molecular complexity index is 439. The largest absolute Gasteiger partial charge is 0.511 e. The number of benzene rings is 1. The molecule has 0 saturated heterocycles. The number of rotatable bonds is 7. The Kier molecular flexibility index (Phi) is 6.65. The summed E-state index contributed by atoms with van der Waals surface area (Å²) in [6, 6.07) is 1.86. The zero-order chi connectivity index (χ0) is 15.1. The van der Waals surface area contributed by atoms with Gasteiger partial charge in [-0.05, 0) is 36.8 Å². The molecule has 4 nitrogen and oxygen atoms in total. The van der Waals surface area contributed by atoms with E-state index in [0.717, 1.165) is 37.7 Å². The van der Waals surface area contributed by atoms with Crippen LogP contribution in [0.15, 0.2) is 6.07 Å². The van der Waals surface area contributed by atoms with Crippen LogP contribution in [0, 0.1) is 0 Å². The van der Waals surface area contributed by atoms with Gasteiger partial charge < -0.3 is 14.9 Å². The number of carbonyl (C=O) groups is 1. The van der Waals surface area contributed by atoms with Crippen molar-refractivity contribution in [2.45, 2.75) is 52.4 Å². The molecular formula is C15H21ClO4. The predicted molar refractivity (Wildman–Crippen MR) is 79.0 cm³/mol. The Hall–Kier alpha value is -1.42. The minimum absolute atomic E-state index is 0.140. The lowest BCUT2D eigenvalue weighted by Crippen LogP contribution is -2.06. The molecule has 0 aliphatic heterocycles. The van der Waals surface area contributed by atoms with Crippen molar-refractivity contribution < 1.29 is 19.7 Å². The summed E-state index contributed by atoms with van der Waals surface area (Å²) in [5, 5.41) is 19.1. The molecule has 20 heavy (non-hydrogen) atoms. The molecule has 0 aromatic heterocycles. The third-order valence-electron chi connectivity index (χ3n) is 3.14. The Morgan fingerprint density at radius 1 is 1.20 bits per heavy atom. The maximum atomic E-state index is 10.7. The van der Waals surface area contributed by atoms with Gasteiger partial charge in [-0.3, -0.25) is 0 Å². The number of hydrogen-bond donors (Lipinski definition) is 2. The van der Waals surface area contributed by atoms with Gasteiger partial charge in [0.25, 0.3) is 0 Å². The highest BCUT2D eigenvalue weighted by atomic mass is 35.5. The number of aromatic hydroxyl groups is 1. The summed E-state index contributed by atoms with van der Waals surface area (Å²) in [4.78, 5) is 10.7. The van der Waals surface area contributed by atoms with E-state index in [1.54, 1.807) is 0 Å². The van der Waals surface area contributed by atoms with E-state index in [9.17, 15) is 9.90 Å². The first kappa shape index (κ1) is 16.6. The topological polar surface area (TPSA) is 66.8 Å². The molecule has 0 aliphatic rings. The van der Waals surface area contributed by atoms with Gasteiger partial charge in [0.1, 0.15) is 0 Å². The molecule has 1 rings (SSSR count). The highest BCUT2D eigenvalue weighted by Crippen LogP contribution is 2.41. The smallest absolute Gasteiger partial charge is 0.504 e. The number of aryl methyl sites for hydroxylation is 2. The van der Waals surface area contributed by atoms with Crippen LogP contribution in [-0.4, -0.2) is 16.4 Å². The number of carboxylic acid groups (broad SMARTS) is 1. The molecule has 0 fully saturated rings. The van der Waals surface area contributed by atoms with E-state index in [1.165, 1.54) is 0 Å². The Balaban J connectivity index is 3.20. The van der Waals surface area contributed by atoms with E-state index in [1.807, 2.05) is 6.07 Å². The van der Waals surface area contributed by atoms with Gasteiger partial charge in [0.2, 0.25) is 0 Å². The van der Waals surface area contributed by atoms with Crippen LogP contribution in [0.3, 0.4) is 0 Å². The number of hydrogen-bond acceptors (Lipinski definition) is 3. The van der Waals surface area contributed by atoms with Crippen LogP contribution in [-0.2, 0) is 12.8 Å². The Labute approximate surface area is 124 Å². The highest BCUT2D eigenvalue weighted by Gasteiger charge is 2.19. The van der Waals surface area contributed by atoms with Gasteiger partial charge in [0, 0.05) is 0 Å². The number of phenolic OH excluding ortho intramolecular Hbond substituents is 1. The van der Waals surface area contributed by atoms with Crippen molar-refractivity contribution in [3.05, 3.63) is 22.2 Å². The van der Waals surface area contributed by atoms with Crippen molar-refractivity contribution in [3.8, 4) is 11.5 Å². The van der Waals surface area contributed by atoms with Crippen molar-refractivity contribution in [2.75, 3.05) is 0 Å². The lowest BCUT2D eigenvalue weighted by molar-refractivity contribution is 0.143. The molecule has 0 radical (unpaired) electrons. The van der Waals surface area contributed by atoms with Crippen LogP contribution in [0.5, 0.6) is 11.5 Å². The van der Waals surface area contributed by atoms with Gasteiger partial charge in [-0.1, -0.05) is 44.4 Å². The summed E-state index contributed by atoms with van der Waals surface area (Å²) >= 11 is 6.15. The van der Waals surface area contributed by atoms with Crippen molar-refractivity contribution in [3.63, 3.8) is 0 Å². The van der Waals surface area contributed by atoms with Gasteiger partial charge >= 0.3 is 6.16 Å². The number of ether oxygens (including phenoxy) is 1. The zero-order valence-corrected chi connectivity index (χ0v) is 12.7. The van der Waals surface area contributed by atoms with Gasteiger partial charge in [0.05, 0.1) is 5.02 Å². The number of unbranched alkanes of at least 4 members (excludes halogenated alkanes) is 2. The average molecular weight is 301 g/mol. The van der Waals surface area contributed by atoms with E-state index in [2.05, 4.69) is 18.6 Å². The van der Waals surface area contributed by atoms with E-state index in [4.69, 9.17) is 16.7 Å². The molecule has 0 bridgehead atoms. The maximum Gasteiger partial charge on any atom is 0.511 e. The predicted octanol–water partition coefficient (Wildman–Crippen LogP) is 4.79. The molecule has 112 valence electrons. The molecule has 0 saturated carbocycles. The van der Waals surface area contributed by atoms with E-state index < -0.39 is 6.16 Å². The summed E-state index contributed by atoms with van der Waals surface area (Å²) in [7, 11) is 0. The SMILES string of the molecule is CCCCc1cc(CCCC)c(Cl)c(OC(=O)O)c1O. The quantitative estimate of drug-likeness (QED) is 0.561. The molecule has 2 N–H and O–H groups in total. The molecule has 0 atom stereocenters. The molecule has 0 spiro atoms. The van der Waals surface area contributed by atoms with Crippen LogP contribution < -0.4 is 4.74 Å². The molecule has 1 aromatic carbocycles. The van der Waals surface area contributed by atoms with Crippen LogP contribution in [0.1, 0.15) is 50.7 Å². The summed E-state index contributed by atoms with van der Waals surface area (Å²) in [5.74, 6) is -0.301. The zero-order valence-electron chi connectivity index (χ0n) is 11.9. The molecule has 0 amide bonds. The number of phenols is 1. The van der Waals surface area contributed by atoms with Gasteiger partial charge in [0.15, 0.2) is 11.5 Å². The van der Waals surface area contributed by atoms with Crippen LogP contribution in [0.25, 0.3) is 0 Å². The van der Waals surface area contributed by atoms with Crippen molar-refractivity contribution >= 4 is 17.8 Å². The standard InChI is InChI=1S/C15H21ClO4/c1-3-5-7-10-9-11(8-6-4-2)13(17)14(12(10)16)20-15(18)19/h9,17H,3-8H2,1-2H3,(H,18,19). The first-order chi connectivity index (χ1) is 9.51. The summed E-state index contributed by atoms with van der Waals surface area (Å²) in [6.07, 6.45) is 3.80. The van der Waals surface area contributed by atoms with Crippen molar-refractivity contribution in [1.82, 2.24) is 0 Å². The lowest BCUT2D eigenvalue weighted by atomic mass is 10.00. The van der Waals surface area contributed by atoms with Crippen molar-refractivity contribution in [1.29, 1.82) is 0 Å². The van der Waals surface area contributed by atoms with E-state index in [0.29, 0.717) is 12.0 Å². The van der Waals surface area contributed by atoms with E-state index in [-0.39, 0.29) is 16.5 Å². The fourth-order valence-corrected chi connectivity index (χ4v) is 2.30. The minimum Gasteiger partial charge on any atom is -0.504 e. The van der Waals surface area contributed by atoms with Crippen LogP contribution in [0.4, 0.5) is 4.79 Å². The van der Waals surface area contributed by atoms with Gasteiger partial charge in [-0.2, -0.15) is 0 Å². The first-order valence-corrected chi connectivity index (χ1v) is 7.33. The second kappa shape index (κ2) is 8.00. The second-order valence-corrected chi connectivity index (χ2v) is 5.14. The third kappa shape index (κ3) is 4.30. The molecule has 1 aromatic rings. The van der Waals surface area contributed by atoms with Crippen LogP contribution >= 0.6 is 11.6 Å². The van der Waals surface area contributed by atoms with Crippen molar-refractivity contribution in [2.24, 2.45) is 0 Å². The maximum absolute atomic E-state index is 10.7. The first-order valence-electron chi connectivity index (χ1n) is 6.95. The highest BCUT2D eigenvalue weighted by molar-refractivity contribution is 6.33. The lowest BCUT2D eigenvalue weighted by Gasteiger charge is -2.14. The Morgan fingerprint density at radius 3 is 2.25 bits per heavy atom. The molecule has 0 heterocycles.